The number of hydrogen-bond acceptors (Lipinski definition) is 4. The number of primary amides is 1. The molecule has 0 fully saturated rings. The number of benzene rings is 2. The number of amides is 1. The Morgan fingerprint density at radius 1 is 1.11 bits per heavy atom. The predicted molar refractivity (Wildman–Crippen MR) is 112 cm³/mol. The van der Waals surface area contributed by atoms with Gasteiger partial charge in [0.25, 0.3) is 5.91 Å². The van der Waals surface area contributed by atoms with Crippen molar-refractivity contribution >= 4 is 28.8 Å². The van der Waals surface area contributed by atoms with Crippen molar-refractivity contribution in [2.75, 3.05) is 0 Å². The largest absolute Gasteiger partial charge is 0.365 e. The summed E-state index contributed by atoms with van der Waals surface area (Å²) in [6, 6.07) is 17.3. The number of rotatable bonds is 6. The molecule has 0 aliphatic rings. The monoisotopic (exact) mass is 408 g/mol. The molecule has 4 aromatic rings. The van der Waals surface area contributed by atoms with Crippen LogP contribution in [0.2, 0.25) is 5.02 Å². The standard InChI is InChI=1S/C21H17ClN4OS/c22-16-8-6-14(7-9-16)10-19-24-17(13-28-19)11-26-12-18(21(23)27)20(25-26)15-4-2-1-3-5-15/h1-9,12-13H,10-11H2,(H2,23,27). The number of halogens is 1. The van der Waals surface area contributed by atoms with Gasteiger partial charge < -0.3 is 5.73 Å². The van der Waals surface area contributed by atoms with Gasteiger partial charge in [-0.2, -0.15) is 5.10 Å². The van der Waals surface area contributed by atoms with Gasteiger partial charge in [0.15, 0.2) is 0 Å². The highest BCUT2D eigenvalue weighted by Crippen LogP contribution is 2.23. The molecule has 0 aliphatic heterocycles. The Balaban J connectivity index is 1.54. The van der Waals surface area contributed by atoms with Crippen LogP contribution < -0.4 is 5.73 Å². The molecule has 5 nitrogen and oxygen atoms in total. The molecule has 0 saturated carbocycles. The molecule has 2 aromatic heterocycles. The van der Waals surface area contributed by atoms with Gasteiger partial charge in [0.05, 0.1) is 22.8 Å². The van der Waals surface area contributed by atoms with Crippen LogP contribution in [-0.4, -0.2) is 20.7 Å². The zero-order valence-electron chi connectivity index (χ0n) is 14.9. The average Bonchev–Trinajstić information content (AvgIpc) is 3.32. The number of thiazole rings is 1. The fourth-order valence-electron chi connectivity index (χ4n) is 2.94. The lowest BCUT2D eigenvalue weighted by Crippen LogP contribution is -2.11. The number of carbonyl (C=O) groups excluding carboxylic acids is 1. The first-order chi connectivity index (χ1) is 13.6. The summed E-state index contributed by atoms with van der Waals surface area (Å²) in [5, 5.41) is 8.32. The van der Waals surface area contributed by atoms with Crippen LogP contribution in [0.25, 0.3) is 11.3 Å². The first-order valence-electron chi connectivity index (χ1n) is 8.69. The number of carbonyl (C=O) groups is 1. The Bertz CT molecular complexity index is 1100. The topological polar surface area (TPSA) is 73.8 Å². The van der Waals surface area contributed by atoms with Gasteiger partial charge in [-0.05, 0) is 17.7 Å². The Hall–Kier alpha value is -2.96. The van der Waals surface area contributed by atoms with Gasteiger partial charge in [0.1, 0.15) is 5.69 Å². The van der Waals surface area contributed by atoms with E-state index in [1.54, 1.807) is 22.2 Å². The molecule has 2 aromatic carbocycles. The van der Waals surface area contributed by atoms with Crippen molar-refractivity contribution in [3.63, 3.8) is 0 Å². The fourth-order valence-corrected chi connectivity index (χ4v) is 3.88. The van der Waals surface area contributed by atoms with Gasteiger partial charge in [-0.15, -0.1) is 11.3 Å². The van der Waals surface area contributed by atoms with E-state index in [2.05, 4.69) is 10.1 Å². The van der Waals surface area contributed by atoms with E-state index in [-0.39, 0.29) is 0 Å². The van der Waals surface area contributed by atoms with Crippen molar-refractivity contribution in [3.05, 3.63) is 93.0 Å². The fraction of sp³-hybridized carbons (Fsp3) is 0.0952. The van der Waals surface area contributed by atoms with Crippen LogP contribution in [0.4, 0.5) is 0 Å². The minimum absolute atomic E-state index is 0.405. The van der Waals surface area contributed by atoms with Gasteiger partial charge in [-0.1, -0.05) is 54.1 Å². The van der Waals surface area contributed by atoms with Gasteiger partial charge in [0, 0.05) is 28.6 Å². The molecule has 0 spiro atoms. The van der Waals surface area contributed by atoms with E-state index in [4.69, 9.17) is 17.3 Å². The van der Waals surface area contributed by atoms with Crippen LogP contribution in [0.1, 0.15) is 26.6 Å². The van der Waals surface area contributed by atoms with Crippen LogP contribution in [0, 0.1) is 0 Å². The van der Waals surface area contributed by atoms with Gasteiger partial charge in [0.2, 0.25) is 0 Å². The van der Waals surface area contributed by atoms with Crippen LogP contribution in [0.15, 0.2) is 66.2 Å². The second-order valence-electron chi connectivity index (χ2n) is 6.36. The third-order valence-corrected chi connectivity index (χ3v) is 5.42. The average molecular weight is 409 g/mol. The Morgan fingerprint density at radius 3 is 2.57 bits per heavy atom. The molecule has 0 radical (unpaired) electrons. The highest BCUT2D eigenvalue weighted by Gasteiger charge is 2.16. The number of hydrogen-bond donors (Lipinski definition) is 1. The van der Waals surface area contributed by atoms with Crippen molar-refractivity contribution in [3.8, 4) is 11.3 Å². The van der Waals surface area contributed by atoms with Gasteiger partial charge in [-0.3, -0.25) is 9.48 Å². The summed E-state index contributed by atoms with van der Waals surface area (Å²) in [6.07, 6.45) is 2.44. The van der Waals surface area contributed by atoms with Crippen LogP contribution in [0.5, 0.6) is 0 Å². The van der Waals surface area contributed by atoms with E-state index < -0.39 is 5.91 Å². The smallest absolute Gasteiger partial charge is 0.252 e. The number of aromatic nitrogens is 3. The molecule has 0 aliphatic carbocycles. The first kappa shape index (κ1) is 18.4. The second kappa shape index (κ2) is 7.96. The zero-order valence-corrected chi connectivity index (χ0v) is 16.5. The zero-order chi connectivity index (χ0) is 19.5. The molecule has 1 amide bonds. The number of nitrogens with two attached hydrogens (primary N) is 1. The molecule has 2 N–H and O–H groups in total. The van der Waals surface area contributed by atoms with Crippen molar-refractivity contribution in [2.45, 2.75) is 13.0 Å². The highest BCUT2D eigenvalue weighted by atomic mass is 35.5. The Morgan fingerprint density at radius 2 is 1.86 bits per heavy atom. The third-order valence-electron chi connectivity index (χ3n) is 4.27. The summed E-state index contributed by atoms with van der Waals surface area (Å²) in [7, 11) is 0. The third kappa shape index (κ3) is 4.13. The minimum atomic E-state index is -0.494. The van der Waals surface area contributed by atoms with Crippen molar-refractivity contribution in [1.29, 1.82) is 0 Å². The molecular formula is C21H17ClN4OS. The molecule has 140 valence electrons. The van der Waals surface area contributed by atoms with Gasteiger partial charge >= 0.3 is 0 Å². The van der Waals surface area contributed by atoms with E-state index in [1.807, 2.05) is 60.0 Å². The van der Waals surface area contributed by atoms with Crippen molar-refractivity contribution in [1.82, 2.24) is 14.8 Å². The summed E-state index contributed by atoms with van der Waals surface area (Å²) in [5.74, 6) is -0.494. The van der Waals surface area contributed by atoms with E-state index in [0.717, 1.165) is 33.3 Å². The summed E-state index contributed by atoms with van der Waals surface area (Å²) in [4.78, 5) is 16.5. The molecule has 7 heteroatoms. The van der Waals surface area contributed by atoms with Crippen LogP contribution in [0.3, 0.4) is 0 Å². The maximum atomic E-state index is 11.8. The summed E-state index contributed by atoms with van der Waals surface area (Å²) >= 11 is 7.54. The molecule has 0 unspecified atom stereocenters. The Kier molecular flexibility index (Phi) is 5.23. The molecule has 2 heterocycles. The molecular weight excluding hydrogens is 392 g/mol. The Labute approximate surface area is 171 Å². The summed E-state index contributed by atoms with van der Waals surface area (Å²) < 4.78 is 1.71. The quantitative estimate of drug-likeness (QED) is 0.514. The first-order valence-corrected chi connectivity index (χ1v) is 9.94. The highest BCUT2D eigenvalue weighted by molar-refractivity contribution is 7.09. The maximum absolute atomic E-state index is 11.8. The van der Waals surface area contributed by atoms with E-state index in [1.165, 1.54) is 0 Å². The van der Waals surface area contributed by atoms with E-state index in [0.29, 0.717) is 17.8 Å². The minimum Gasteiger partial charge on any atom is -0.365 e. The predicted octanol–water partition coefficient (Wildman–Crippen LogP) is 4.40. The van der Waals surface area contributed by atoms with E-state index in [9.17, 15) is 4.79 Å². The van der Waals surface area contributed by atoms with Crippen molar-refractivity contribution < 1.29 is 4.79 Å². The lowest BCUT2D eigenvalue weighted by molar-refractivity contribution is 0.100. The second-order valence-corrected chi connectivity index (χ2v) is 7.73. The molecule has 0 atom stereocenters. The van der Waals surface area contributed by atoms with Crippen LogP contribution in [-0.2, 0) is 13.0 Å². The summed E-state index contributed by atoms with van der Waals surface area (Å²) in [5.41, 5.74) is 9.45. The number of nitrogens with zero attached hydrogens (tertiary/aromatic N) is 3. The lowest BCUT2D eigenvalue weighted by atomic mass is 10.1. The lowest BCUT2D eigenvalue weighted by Gasteiger charge is -1.99. The molecule has 28 heavy (non-hydrogen) atoms. The van der Waals surface area contributed by atoms with Crippen molar-refractivity contribution in [2.24, 2.45) is 5.73 Å². The van der Waals surface area contributed by atoms with Gasteiger partial charge in [-0.25, -0.2) is 4.98 Å². The van der Waals surface area contributed by atoms with Crippen LogP contribution >= 0.6 is 22.9 Å². The maximum Gasteiger partial charge on any atom is 0.252 e. The molecule has 0 bridgehead atoms. The van der Waals surface area contributed by atoms with E-state index >= 15 is 0 Å². The molecule has 0 saturated heterocycles. The molecule has 4 rings (SSSR count). The SMILES string of the molecule is NC(=O)c1cn(Cc2csc(Cc3ccc(Cl)cc3)n2)nc1-c1ccccc1. The normalized spacial score (nSPS) is 10.9. The summed E-state index contributed by atoms with van der Waals surface area (Å²) in [6.45, 7) is 0.476.